The second-order valence-electron chi connectivity index (χ2n) is 9.18. The number of alkyl carbamates (subject to hydrolysis) is 1. The summed E-state index contributed by atoms with van der Waals surface area (Å²) in [6, 6.07) is 17.9. The minimum atomic E-state index is -0.796. The summed E-state index contributed by atoms with van der Waals surface area (Å²) in [5.41, 5.74) is 7.63. The number of ketones is 1. The van der Waals surface area contributed by atoms with Gasteiger partial charge in [0.2, 0.25) is 5.91 Å². The zero-order valence-electron chi connectivity index (χ0n) is 21.3. The van der Waals surface area contributed by atoms with Gasteiger partial charge in [0.15, 0.2) is 5.78 Å². The zero-order chi connectivity index (χ0) is 26.2. The molecule has 8 heteroatoms. The number of Topliss-reactive ketones (excluding diaryl/α,β-unsaturated/α-hetero) is 1. The number of carbonyl (C=O) groups excluding carboxylic acids is 3. The Hall–Kier alpha value is -2.84. The molecule has 0 bridgehead atoms. The first kappa shape index (κ1) is 29.4. The van der Waals surface area contributed by atoms with Crippen LogP contribution in [0, 0.1) is 5.92 Å². The smallest absolute Gasteiger partial charge is 0.408 e. The second kappa shape index (κ2) is 16.8. The predicted molar refractivity (Wildman–Crippen MR) is 145 cm³/mol. The van der Waals surface area contributed by atoms with Crippen molar-refractivity contribution in [3.8, 4) is 0 Å². The minimum Gasteiger partial charge on any atom is -0.445 e. The summed E-state index contributed by atoms with van der Waals surface area (Å²) in [5, 5.41) is 5.58. The van der Waals surface area contributed by atoms with Crippen molar-refractivity contribution in [1.29, 1.82) is 0 Å². The molecule has 2 rings (SSSR count). The zero-order valence-corrected chi connectivity index (χ0v) is 22.1. The van der Waals surface area contributed by atoms with Crippen molar-refractivity contribution in [1.82, 2.24) is 10.6 Å². The van der Waals surface area contributed by atoms with E-state index in [0.717, 1.165) is 29.7 Å². The highest BCUT2D eigenvalue weighted by Gasteiger charge is 2.27. The molecule has 2 amide bonds. The van der Waals surface area contributed by atoms with Crippen LogP contribution in [0.15, 0.2) is 60.7 Å². The lowest BCUT2D eigenvalue weighted by molar-refractivity contribution is -0.128. The lowest BCUT2D eigenvalue weighted by atomic mass is 10.0. The van der Waals surface area contributed by atoms with Gasteiger partial charge in [-0.25, -0.2) is 4.79 Å². The van der Waals surface area contributed by atoms with Crippen molar-refractivity contribution < 1.29 is 19.1 Å². The lowest BCUT2D eigenvalue weighted by Gasteiger charge is -2.24. The Morgan fingerprint density at radius 1 is 0.889 bits per heavy atom. The molecule has 2 atom stereocenters. The number of rotatable bonds is 16. The first-order valence-corrected chi connectivity index (χ1v) is 13.7. The fourth-order valence-corrected chi connectivity index (χ4v) is 4.57. The van der Waals surface area contributed by atoms with E-state index in [1.807, 2.05) is 74.5 Å². The molecule has 0 heterocycles. The second-order valence-corrected chi connectivity index (χ2v) is 10.2. The van der Waals surface area contributed by atoms with Gasteiger partial charge < -0.3 is 21.1 Å². The van der Waals surface area contributed by atoms with E-state index < -0.39 is 18.2 Å². The summed E-state index contributed by atoms with van der Waals surface area (Å²) in [6.45, 7) is 4.59. The van der Waals surface area contributed by atoms with Crippen molar-refractivity contribution >= 4 is 29.5 Å². The van der Waals surface area contributed by atoms with Crippen LogP contribution in [0.25, 0.3) is 0 Å². The molecule has 7 nitrogen and oxygen atoms in total. The Morgan fingerprint density at radius 2 is 1.53 bits per heavy atom. The normalized spacial score (nSPS) is 12.6. The van der Waals surface area contributed by atoms with Crippen molar-refractivity contribution in [3.63, 3.8) is 0 Å². The number of nitrogens with one attached hydrogen (secondary N) is 2. The van der Waals surface area contributed by atoms with Gasteiger partial charge in [0.05, 0.1) is 11.8 Å². The van der Waals surface area contributed by atoms with E-state index >= 15 is 0 Å². The molecule has 2 aromatic rings. The average Bonchev–Trinajstić information content (AvgIpc) is 2.87. The monoisotopic (exact) mass is 513 g/mol. The predicted octanol–water partition coefficient (Wildman–Crippen LogP) is 4.44. The standard InChI is InChI=1S/C28H39N3O4S/c1-21(2)17-25(31-28(34)35-18-22-11-5-3-6-12-22)27(33)30-24(15-9-10-16-29)26(32)20-36-19-23-13-7-4-8-14-23/h3-8,11-14,21,24-25H,9-10,15-20,29H2,1-2H3,(H,30,33)(H,31,34)/t24-,25-/m0/s1. The van der Waals surface area contributed by atoms with E-state index in [1.165, 1.54) is 11.8 Å². The minimum absolute atomic E-state index is 0.0312. The number of benzene rings is 2. The number of unbranched alkanes of at least 4 members (excludes halogenated alkanes) is 1. The molecule has 0 radical (unpaired) electrons. The number of carbonyl (C=O) groups is 3. The molecule has 4 N–H and O–H groups in total. The number of thioether (sulfide) groups is 1. The molecule has 0 aromatic heterocycles. The third-order valence-corrected chi connectivity index (χ3v) is 6.56. The Labute approximate surface area is 218 Å². The number of ether oxygens (including phenoxy) is 1. The SMILES string of the molecule is CC(C)C[C@H](NC(=O)OCc1ccccc1)C(=O)N[C@@H](CCCCN)C(=O)CSCc1ccccc1. The van der Waals surface area contributed by atoms with Crippen LogP contribution >= 0.6 is 11.8 Å². The van der Waals surface area contributed by atoms with E-state index in [4.69, 9.17) is 10.5 Å². The van der Waals surface area contributed by atoms with E-state index in [2.05, 4.69) is 10.6 Å². The van der Waals surface area contributed by atoms with Gasteiger partial charge in [-0.2, -0.15) is 0 Å². The first-order chi connectivity index (χ1) is 17.4. The van der Waals surface area contributed by atoms with Gasteiger partial charge in [0.25, 0.3) is 0 Å². The van der Waals surface area contributed by atoms with Crippen LogP contribution in [0.3, 0.4) is 0 Å². The van der Waals surface area contributed by atoms with Gasteiger partial charge in [-0.1, -0.05) is 74.5 Å². The largest absolute Gasteiger partial charge is 0.445 e. The number of amides is 2. The summed E-state index contributed by atoms with van der Waals surface area (Å²) >= 11 is 1.53. The first-order valence-electron chi connectivity index (χ1n) is 12.5. The highest BCUT2D eigenvalue weighted by molar-refractivity contribution is 7.99. The Bertz CT molecular complexity index is 925. The summed E-state index contributed by atoms with van der Waals surface area (Å²) in [4.78, 5) is 38.6. The van der Waals surface area contributed by atoms with E-state index in [9.17, 15) is 14.4 Å². The third-order valence-electron chi connectivity index (χ3n) is 5.54. The average molecular weight is 514 g/mol. The fraction of sp³-hybridized carbons (Fsp3) is 0.464. The molecule has 0 saturated carbocycles. The molecule has 0 aliphatic rings. The topological polar surface area (TPSA) is 111 Å². The van der Waals surface area contributed by atoms with Gasteiger partial charge in [0, 0.05) is 5.75 Å². The summed E-state index contributed by atoms with van der Waals surface area (Å²) < 4.78 is 5.30. The van der Waals surface area contributed by atoms with Crippen LogP contribution < -0.4 is 16.4 Å². The maximum atomic E-state index is 13.2. The van der Waals surface area contributed by atoms with Crippen LogP contribution in [0.2, 0.25) is 0 Å². The van der Waals surface area contributed by atoms with E-state index in [-0.39, 0.29) is 24.2 Å². The molecule has 196 valence electrons. The summed E-state index contributed by atoms with van der Waals surface area (Å²) in [7, 11) is 0. The molecule has 2 aromatic carbocycles. The van der Waals surface area contributed by atoms with Gasteiger partial charge in [-0.15, -0.1) is 11.8 Å². The third kappa shape index (κ3) is 11.7. The van der Waals surface area contributed by atoms with Gasteiger partial charge >= 0.3 is 6.09 Å². The van der Waals surface area contributed by atoms with Crippen LogP contribution in [0.4, 0.5) is 4.79 Å². The van der Waals surface area contributed by atoms with Gasteiger partial charge in [0.1, 0.15) is 12.6 Å². The van der Waals surface area contributed by atoms with Gasteiger partial charge in [-0.05, 0) is 49.3 Å². The fourth-order valence-electron chi connectivity index (χ4n) is 3.63. The molecule has 0 fully saturated rings. The van der Waals surface area contributed by atoms with Crippen molar-refractivity contribution in [2.75, 3.05) is 12.3 Å². The molecule has 0 unspecified atom stereocenters. The molecule has 0 saturated heterocycles. The maximum absolute atomic E-state index is 13.2. The van der Waals surface area contributed by atoms with Crippen LogP contribution in [-0.2, 0) is 26.7 Å². The molecule has 36 heavy (non-hydrogen) atoms. The summed E-state index contributed by atoms with van der Waals surface area (Å²) in [5.74, 6) is 0.767. The molecule has 0 aliphatic carbocycles. The van der Waals surface area contributed by atoms with E-state index in [0.29, 0.717) is 25.1 Å². The number of hydrogen-bond donors (Lipinski definition) is 3. The Morgan fingerprint density at radius 3 is 2.14 bits per heavy atom. The molecule has 0 aliphatic heterocycles. The van der Waals surface area contributed by atoms with Gasteiger partial charge in [-0.3, -0.25) is 9.59 Å². The molecule has 0 spiro atoms. The molecular weight excluding hydrogens is 474 g/mol. The lowest BCUT2D eigenvalue weighted by Crippen LogP contribution is -2.52. The summed E-state index contributed by atoms with van der Waals surface area (Å²) in [6.07, 6.45) is 1.79. The van der Waals surface area contributed by atoms with E-state index in [1.54, 1.807) is 0 Å². The van der Waals surface area contributed by atoms with Crippen molar-refractivity contribution in [3.05, 3.63) is 71.8 Å². The molecular formula is C28H39N3O4S. The quantitative estimate of drug-likeness (QED) is 0.286. The van der Waals surface area contributed by atoms with Crippen LogP contribution in [0.1, 0.15) is 50.7 Å². The van der Waals surface area contributed by atoms with Crippen molar-refractivity contribution in [2.45, 2.75) is 64.0 Å². The van der Waals surface area contributed by atoms with Crippen LogP contribution in [0.5, 0.6) is 0 Å². The maximum Gasteiger partial charge on any atom is 0.408 e. The van der Waals surface area contributed by atoms with Crippen molar-refractivity contribution in [2.24, 2.45) is 11.7 Å². The highest BCUT2D eigenvalue weighted by Crippen LogP contribution is 2.14. The Kier molecular flexibility index (Phi) is 13.7. The number of hydrogen-bond acceptors (Lipinski definition) is 6. The number of nitrogens with two attached hydrogens (primary N) is 1. The highest BCUT2D eigenvalue weighted by atomic mass is 32.2. The Balaban J connectivity index is 1.95. The van der Waals surface area contributed by atoms with Crippen LogP contribution in [-0.4, -0.2) is 42.2 Å².